The lowest BCUT2D eigenvalue weighted by atomic mass is 10.3. The van der Waals surface area contributed by atoms with Gasteiger partial charge >= 0.3 is 0 Å². The summed E-state index contributed by atoms with van der Waals surface area (Å²) in [7, 11) is 2.09. The first kappa shape index (κ1) is 16.1. The van der Waals surface area contributed by atoms with E-state index in [0.717, 1.165) is 44.3 Å². The van der Waals surface area contributed by atoms with Crippen molar-refractivity contribution in [3.8, 4) is 11.5 Å². The van der Waals surface area contributed by atoms with Gasteiger partial charge in [0.15, 0.2) is 11.5 Å². The molecular weight excluding hydrogens is 268 g/mol. The number of hydrogen-bond donors (Lipinski definition) is 1. The van der Waals surface area contributed by atoms with E-state index >= 15 is 0 Å². The number of benzene rings is 1. The maximum Gasteiger partial charge on any atom is 0.161 e. The zero-order valence-electron chi connectivity index (χ0n) is 13.0. The molecule has 1 aliphatic rings. The quantitative estimate of drug-likeness (QED) is 0.785. The zero-order chi connectivity index (χ0) is 14.9. The lowest BCUT2D eigenvalue weighted by molar-refractivity contribution is 0.00843. The second-order valence-electron chi connectivity index (χ2n) is 5.19. The van der Waals surface area contributed by atoms with Crippen molar-refractivity contribution in [2.24, 2.45) is 0 Å². The molecule has 0 spiro atoms. The number of hydrogen-bond acceptors (Lipinski definition) is 5. The summed E-state index contributed by atoms with van der Waals surface area (Å²) in [6, 6.07) is 7.80. The molecule has 0 amide bonds. The smallest absolute Gasteiger partial charge is 0.161 e. The molecule has 1 aromatic rings. The van der Waals surface area contributed by atoms with E-state index in [-0.39, 0.29) is 6.10 Å². The number of para-hydroxylation sites is 2. The number of likely N-dealkylation sites (N-methyl/N-ethyl adjacent to an activating group) is 1. The molecule has 1 fully saturated rings. The average molecular weight is 294 g/mol. The van der Waals surface area contributed by atoms with Gasteiger partial charge in [-0.1, -0.05) is 12.1 Å². The fourth-order valence-corrected chi connectivity index (χ4v) is 2.33. The highest BCUT2D eigenvalue weighted by atomic mass is 16.5. The number of rotatable bonds is 8. The van der Waals surface area contributed by atoms with Gasteiger partial charge < -0.3 is 24.4 Å². The third-order valence-electron chi connectivity index (χ3n) is 3.40. The Hall–Kier alpha value is -1.30. The van der Waals surface area contributed by atoms with Crippen molar-refractivity contribution in [3.63, 3.8) is 0 Å². The summed E-state index contributed by atoms with van der Waals surface area (Å²) in [6.07, 6.45) is 0.277. The molecule has 1 atom stereocenters. The summed E-state index contributed by atoms with van der Waals surface area (Å²) in [5.74, 6) is 1.62. The van der Waals surface area contributed by atoms with Crippen LogP contribution in [0, 0.1) is 0 Å². The normalized spacial score (nSPS) is 18.7. The molecule has 5 nitrogen and oxygen atoms in total. The SMILES string of the molecule is CCOc1ccccc1OCCN(C)CC1CNCCO1. The van der Waals surface area contributed by atoms with Gasteiger partial charge in [0.25, 0.3) is 0 Å². The van der Waals surface area contributed by atoms with Crippen molar-refractivity contribution in [2.75, 3.05) is 53.0 Å². The zero-order valence-corrected chi connectivity index (χ0v) is 13.0. The molecule has 0 radical (unpaired) electrons. The second-order valence-corrected chi connectivity index (χ2v) is 5.19. The monoisotopic (exact) mass is 294 g/mol. The van der Waals surface area contributed by atoms with Crippen LogP contribution in [0.2, 0.25) is 0 Å². The lowest BCUT2D eigenvalue weighted by Gasteiger charge is -2.28. The Bertz CT molecular complexity index is 408. The first-order valence-electron chi connectivity index (χ1n) is 7.65. The van der Waals surface area contributed by atoms with Crippen molar-refractivity contribution >= 4 is 0 Å². The topological polar surface area (TPSA) is 43.0 Å². The molecule has 1 aliphatic heterocycles. The number of ether oxygens (including phenoxy) is 3. The van der Waals surface area contributed by atoms with Gasteiger partial charge in [-0.15, -0.1) is 0 Å². The molecule has 1 aromatic carbocycles. The number of morpholine rings is 1. The Labute approximate surface area is 127 Å². The van der Waals surface area contributed by atoms with Crippen molar-refractivity contribution in [2.45, 2.75) is 13.0 Å². The van der Waals surface area contributed by atoms with E-state index in [0.29, 0.717) is 13.2 Å². The Kier molecular flexibility index (Phi) is 6.79. The molecule has 2 rings (SSSR count). The van der Waals surface area contributed by atoms with Gasteiger partial charge in [0.1, 0.15) is 6.61 Å². The molecule has 1 saturated heterocycles. The van der Waals surface area contributed by atoms with Gasteiger partial charge in [0, 0.05) is 26.2 Å². The molecule has 1 heterocycles. The predicted molar refractivity (Wildman–Crippen MR) is 83.2 cm³/mol. The van der Waals surface area contributed by atoms with Crippen LogP contribution in [0.25, 0.3) is 0 Å². The van der Waals surface area contributed by atoms with Crippen molar-refractivity contribution in [1.29, 1.82) is 0 Å². The Balaban J connectivity index is 1.70. The molecule has 21 heavy (non-hydrogen) atoms. The van der Waals surface area contributed by atoms with Crippen molar-refractivity contribution in [3.05, 3.63) is 24.3 Å². The van der Waals surface area contributed by atoms with Gasteiger partial charge in [-0.25, -0.2) is 0 Å². The van der Waals surface area contributed by atoms with Crippen LogP contribution in [0.15, 0.2) is 24.3 Å². The third-order valence-corrected chi connectivity index (χ3v) is 3.40. The van der Waals surface area contributed by atoms with Crippen LogP contribution in [0.5, 0.6) is 11.5 Å². The molecular formula is C16H26N2O3. The maximum atomic E-state index is 5.83. The van der Waals surface area contributed by atoms with E-state index in [4.69, 9.17) is 14.2 Å². The summed E-state index contributed by atoms with van der Waals surface area (Å²) in [4.78, 5) is 2.24. The van der Waals surface area contributed by atoms with Crippen molar-refractivity contribution < 1.29 is 14.2 Å². The molecule has 1 unspecified atom stereocenters. The maximum absolute atomic E-state index is 5.83. The Morgan fingerprint density at radius 1 is 1.29 bits per heavy atom. The van der Waals surface area contributed by atoms with Crippen LogP contribution in [-0.2, 0) is 4.74 Å². The highest BCUT2D eigenvalue weighted by Gasteiger charge is 2.15. The molecule has 5 heteroatoms. The highest BCUT2D eigenvalue weighted by molar-refractivity contribution is 5.39. The summed E-state index contributed by atoms with van der Waals surface area (Å²) in [5.41, 5.74) is 0. The first-order chi connectivity index (χ1) is 10.3. The molecule has 118 valence electrons. The van der Waals surface area contributed by atoms with E-state index in [9.17, 15) is 0 Å². The molecule has 1 N–H and O–H groups in total. The standard InChI is InChI=1S/C16H26N2O3/c1-3-19-15-6-4-5-7-16(15)21-11-9-18(2)13-14-12-17-8-10-20-14/h4-7,14,17H,3,8-13H2,1-2H3. The van der Waals surface area contributed by atoms with Crippen LogP contribution >= 0.6 is 0 Å². The van der Waals surface area contributed by atoms with Gasteiger partial charge in [-0.2, -0.15) is 0 Å². The summed E-state index contributed by atoms with van der Waals surface area (Å²) < 4.78 is 17.1. The fourth-order valence-electron chi connectivity index (χ4n) is 2.33. The van der Waals surface area contributed by atoms with Gasteiger partial charge in [0.05, 0.1) is 19.3 Å². The average Bonchev–Trinajstić information content (AvgIpc) is 2.50. The van der Waals surface area contributed by atoms with Crippen LogP contribution in [0.4, 0.5) is 0 Å². The van der Waals surface area contributed by atoms with E-state index in [1.165, 1.54) is 0 Å². The Morgan fingerprint density at radius 2 is 2.05 bits per heavy atom. The van der Waals surface area contributed by atoms with E-state index in [1.807, 2.05) is 31.2 Å². The Morgan fingerprint density at radius 3 is 2.71 bits per heavy atom. The van der Waals surface area contributed by atoms with Crippen LogP contribution < -0.4 is 14.8 Å². The summed E-state index contributed by atoms with van der Waals surface area (Å²) >= 11 is 0. The van der Waals surface area contributed by atoms with Gasteiger partial charge in [-0.3, -0.25) is 0 Å². The first-order valence-corrected chi connectivity index (χ1v) is 7.65. The second kappa shape index (κ2) is 8.87. The lowest BCUT2D eigenvalue weighted by Crippen LogP contribution is -2.45. The van der Waals surface area contributed by atoms with Crippen LogP contribution in [-0.4, -0.2) is 64.1 Å². The van der Waals surface area contributed by atoms with Crippen LogP contribution in [0.1, 0.15) is 6.92 Å². The van der Waals surface area contributed by atoms with E-state index in [1.54, 1.807) is 0 Å². The number of nitrogens with one attached hydrogen (secondary N) is 1. The van der Waals surface area contributed by atoms with Gasteiger partial charge in [-0.05, 0) is 26.1 Å². The van der Waals surface area contributed by atoms with E-state index < -0.39 is 0 Å². The highest BCUT2D eigenvalue weighted by Crippen LogP contribution is 2.26. The largest absolute Gasteiger partial charge is 0.490 e. The summed E-state index contributed by atoms with van der Waals surface area (Å²) in [6.45, 7) is 7.73. The molecule has 0 aliphatic carbocycles. The fraction of sp³-hybridized carbons (Fsp3) is 0.625. The minimum atomic E-state index is 0.277. The van der Waals surface area contributed by atoms with Gasteiger partial charge in [0.2, 0.25) is 0 Å². The molecule has 0 aromatic heterocycles. The number of nitrogens with zero attached hydrogens (tertiary/aromatic N) is 1. The minimum Gasteiger partial charge on any atom is -0.490 e. The third kappa shape index (κ3) is 5.53. The molecule has 0 bridgehead atoms. The van der Waals surface area contributed by atoms with Crippen molar-refractivity contribution in [1.82, 2.24) is 10.2 Å². The minimum absolute atomic E-state index is 0.277. The predicted octanol–water partition coefficient (Wildman–Crippen LogP) is 1.38. The van der Waals surface area contributed by atoms with Crippen LogP contribution in [0.3, 0.4) is 0 Å². The van der Waals surface area contributed by atoms with E-state index in [2.05, 4.69) is 17.3 Å². The molecule has 0 saturated carbocycles. The summed E-state index contributed by atoms with van der Waals surface area (Å²) in [5, 5.41) is 3.34.